The molecule has 7 aromatic carbocycles. The maximum atomic E-state index is 5.13. The molecule has 51 heavy (non-hydrogen) atoms. The van der Waals surface area contributed by atoms with Crippen molar-refractivity contribution in [1.82, 2.24) is 19.5 Å². The molecular weight excluding hydrogens is 621 g/mol. The maximum Gasteiger partial charge on any atom is 0.164 e. The summed E-state index contributed by atoms with van der Waals surface area (Å²) in [6.45, 7) is 4.43. The lowest BCUT2D eigenvalue weighted by Crippen LogP contribution is -2.01. The zero-order chi connectivity index (χ0) is 34.3. The van der Waals surface area contributed by atoms with Crippen molar-refractivity contribution < 1.29 is 0 Å². The molecular formula is C47H34N4. The van der Waals surface area contributed by atoms with E-state index in [9.17, 15) is 0 Å². The van der Waals surface area contributed by atoms with Gasteiger partial charge in [0.05, 0.1) is 11.0 Å². The third-order valence-corrected chi connectivity index (χ3v) is 9.78. The molecule has 4 heteroatoms. The summed E-state index contributed by atoms with van der Waals surface area (Å²) in [7, 11) is 0. The van der Waals surface area contributed by atoms with Gasteiger partial charge in [0.1, 0.15) is 0 Å². The topological polar surface area (TPSA) is 43.6 Å². The first-order chi connectivity index (χ1) is 25.1. The van der Waals surface area contributed by atoms with Gasteiger partial charge in [-0.15, -0.1) is 0 Å². The van der Waals surface area contributed by atoms with Crippen LogP contribution in [0.4, 0.5) is 0 Å². The molecule has 0 fully saturated rings. The number of nitrogens with zero attached hydrogens (tertiary/aromatic N) is 4. The van der Waals surface area contributed by atoms with Gasteiger partial charge in [0.15, 0.2) is 17.5 Å². The molecule has 0 saturated heterocycles. The summed E-state index contributed by atoms with van der Waals surface area (Å²) in [4.78, 5) is 15.2. The van der Waals surface area contributed by atoms with Gasteiger partial charge in [0, 0.05) is 33.2 Å². The van der Waals surface area contributed by atoms with Gasteiger partial charge in [-0.1, -0.05) is 146 Å². The van der Waals surface area contributed by atoms with Crippen LogP contribution in [-0.2, 0) is 0 Å². The highest BCUT2D eigenvalue weighted by Crippen LogP contribution is 2.39. The summed E-state index contributed by atoms with van der Waals surface area (Å²) in [6, 6.07) is 59.4. The number of benzene rings is 7. The fourth-order valence-electron chi connectivity index (χ4n) is 7.26. The van der Waals surface area contributed by atoms with Gasteiger partial charge in [-0.05, 0) is 71.5 Å². The zero-order valence-corrected chi connectivity index (χ0v) is 28.5. The van der Waals surface area contributed by atoms with Crippen molar-refractivity contribution in [2.24, 2.45) is 0 Å². The first-order valence-electron chi connectivity index (χ1n) is 17.3. The molecule has 0 bridgehead atoms. The Hall–Kier alpha value is -6.65. The van der Waals surface area contributed by atoms with Gasteiger partial charge in [-0.3, -0.25) is 0 Å². The third kappa shape index (κ3) is 5.48. The second-order valence-corrected chi connectivity index (χ2v) is 13.0. The largest absolute Gasteiger partial charge is 0.309 e. The SMILES string of the molecule is Cc1ccccc1-c1ccc2c3ccccc3n(-c3cccc(-c4nc(-c5ccccc5)nc(-c5cccc(-c6ccccc6)c5)n4)c3)c2c1C. The van der Waals surface area contributed by atoms with Crippen LogP contribution in [0.2, 0.25) is 0 Å². The second-order valence-electron chi connectivity index (χ2n) is 13.0. The Morgan fingerprint density at radius 2 is 0.961 bits per heavy atom. The summed E-state index contributed by atoms with van der Waals surface area (Å²) < 4.78 is 2.40. The van der Waals surface area contributed by atoms with E-state index in [1.807, 2.05) is 36.4 Å². The van der Waals surface area contributed by atoms with Gasteiger partial charge < -0.3 is 4.57 Å². The van der Waals surface area contributed by atoms with Crippen LogP contribution < -0.4 is 0 Å². The first kappa shape index (κ1) is 30.4. The van der Waals surface area contributed by atoms with E-state index in [0.717, 1.165) is 39.0 Å². The van der Waals surface area contributed by atoms with E-state index < -0.39 is 0 Å². The zero-order valence-electron chi connectivity index (χ0n) is 28.5. The molecule has 2 aromatic heterocycles. The van der Waals surface area contributed by atoms with Crippen molar-refractivity contribution in [3.63, 3.8) is 0 Å². The van der Waals surface area contributed by atoms with Crippen LogP contribution in [-0.4, -0.2) is 19.5 Å². The van der Waals surface area contributed by atoms with Crippen LogP contribution in [0.15, 0.2) is 170 Å². The standard InChI is InChI=1S/C47H34N4/c1-31-15-9-10-24-39(31)40-27-28-42-41-25-11-12-26-43(41)51(44(42)32(40)2)38-23-14-22-37(30-38)47-49-45(34-18-7-4-8-19-34)48-46(50-47)36-21-13-20-35(29-36)33-16-5-3-6-17-33/h3-30H,1-2H3. The lowest BCUT2D eigenvalue weighted by Gasteiger charge is -2.15. The third-order valence-electron chi connectivity index (χ3n) is 9.78. The average Bonchev–Trinajstić information content (AvgIpc) is 3.54. The van der Waals surface area contributed by atoms with E-state index in [1.54, 1.807) is 0 Å². The van der Waals surface area contributed by atoms with E-state index >= 15 is 0 Å². The van der Waals surface area contributed by atoms with Crippen LogP contribution >= 0.6 is 0 Å². The van der Waals surface area contributed by atoms with Crippen LogP contribution in [0.3, 0.4) is 0 Å². The Labute approximate surface area is 297 Å². The predicted octanol–water partition coefficient (Wildman–Crippen LogP) is 11.9. The molecule has 0 atom stereocenters. The summed E-state index contributed by atoms with van der Waals surface area (Å²) in [5.74, 6) is 1.91. The molecule has 9 rings (SSSR count). The van der Waals surface area contributed by atoms with E-state index in [2.05, 4.69) is 152 Å². The number of hydrogen-bond donors (Lipinski definition) is 0. The van der Waals surface area contributed by atoms with E-state index in [-0.39, 0.29) is 0 Å². The highest BCUT2D eigenvalue weighted by Gasteiger charge is 2.19. The van der Waals surface area contributed by atoms with Crippen LogP contribution in [0.25, 0.3) is 83.9 Å². The number of fused-ring (bicyclic) bond motifs is 3. The van der Waals surface area contributed by atoms with Crippen molar-refractivity contribution in [1.29, 1.82) is 0 Å². The smallest absolute Gasteiger partial charge is 0.164 e. The number of aromatic nitrogens is 4. The molecule has 0 N–H and O–H groups in total. The number of hydrogen-bond acceptors (Lipinski definition) is 3. The molecule has 0 unspecified atom stereocenters. The monoisotopic (exact) mass is 654 g/mol. The van der Waals surface area contributed by atoms with Crippen molar-refractivity contribution >= 4 is 21.8 Å². The lowest BCUT2D eigenvalue weighted by molar-refractivity contribution is 1.07. The van der Waals surface area contributed by atoms with Gasteiger partial charge in [0.25, 0.3) is 0 Å². The predicted molar refractivity (Wildman–Crippen MR) is 211 cm³/mol. The molecule has 0 aliphatic rings. The normalized spacial score (nSPS) is 11.3. The van der Waals surface area contributed by atoms with Crippen LogP contribution in [0, 0.1) is 13.8 Å². The van der Waals surface area contributed by atoms with E-state index in [4.69, 9.17) is 15.0 Å². The minimum Gasteiger partial charge on any atom is -0.309 e. The summed E-state index contributed by atoms with van der Waals surface area (Å²) in [6.07, 6.45) is 0. The molecule has 0 saturated carbocycles. The Kier molecular flexibility index (Phi) is 7.55. The van der Waals surface area contributed by atoms with Gasteiger partial charge in [0.2, 0.25) is 0 Å². The van der Waals surface area contributed by atoms with Gasteiger partial charge >= 0.3 is 0 Å². The number of para-hydroxylation sites is 1. The Morgan fingerprint density at radius 3 is 1.71 bits per heavy atom. The molecule has 0 amide bonds. The van der Waals surface area contributed by atoms with Gasteiger partial charge in [-0.2, -0.15) is 0 Å². The molecule has 0 spiro atoms. The average molecular weight is 655 g/mol. The number of rotatable bonds is 6. The van der Waals surface area contributed by atoms with E-state index in [0.29, 0.717) is 17.5 Å². The minimum atomic E-state index is 0.629. The fourth-order valence-corrected chi connectivity index (χ4v) is 7.26. The summed E-state index contributed by atoms with van der Waals surface area (Å²) in [5.41, 5.74) is 13.5. The Balaban J connectivity index is 1.24. The van der Waals surface area contributed by atoms with Crippen molar-refractivity contribution in [3.05, 3.63) is 181 Å². The quantitative estimate of drug-likeness (QED) is 0.179. The highest BCUT2D eigenvalue weighted by atomic mass is 15.0. The molecule has 242 valence electrons. The number of aryl methyl sites for hydroxylation is 2. The fraction of sp³-hybridized carbons (Fsp3) is 0.0426. The van der Waals surface area contributed by atoms with Crippen molar-refractivity contribution in [2.75, 3.05) is 0 Å². The Morgan fingerprint density at radius 1 is 0.392 bits per heavy atom. The van der Waals surface area contributed by atoms with Crippen molar-refractivity contribution in [2.45, 2.75) is 13.8 Å². The minimum absolute atomic E-state index is 0.629. The molecule has 0 radical (unpaired) electrons. The summed E-state index contributed by atoms with van der Waals surface area (Å²) >= 11 is 0. The maximum absolute atomic E-state index is 5.13. The van der Waals surface area contributed by atoms with Crippen LogP contribution in [0.5, 0.6) is 0 Å². The molecule has 0 aliphatic carbocycles. The summed E-state index contributed by atoms with van der Waals surface area (Å²) in [5, 5.41) is 2.46. The van der Waals surface area contributed by atoms with Crippen molar-refractivity contribution in [3.8, 4) is 62.1 Å². The molecule has 4 nitrogen and oxygen atoms in total. The second kappa shape index (κ2) is 12.7. The van der Waals surface area contributed by atoms with E-state index in [1.165, 1.54) is 38.5 Å². The Bertz CT molecular complexity index is 2710. The molecule has 0 aliphatic heterocycles. The molecule has 9 aromatic rings. The van der Waals surface area contributed by atoms with Gasteiger partial charge in [-0.25, -0.2) is 15.0 Å². The van der Waals surface area contributed by atoms with Crippen LogP contribution in [0.1, 0.15) is 11.1 Å². The molecule has 2 heterocycles. The highest BCUT2D eigenvalue weighted by molar-refractivity contribution is 6.11. The lowest BCUT2D eigenvalue weighted by atomic mass is 9.95. The first-order valence-corrected chi connectivity index (χ1v) is 17.3.